The monoisotopic (exact) mass is 404 g/mol. The molecule has 0 saturated carbocycles. The van der Waals surface area contributed by atoms with E-state index in [2.05, 4.69) is 11.8 Å². The van der Waals surface area contributed by atoms with Crippen molar-refractivity contribution in [3.63, 3.8) is 0 Å². The van der Waals surface area contributed by atoms with Crippen LogP contribution in [0.15, 0.2) is 48.5 Å². The highest BCUT2D eigenvalue weighted by Gasteiger charge is 2.27. The summed E-state index contributed by atoms with van der Waals surface area (Å²) in [5.41, 5.74) is 1.88. The number of nitrogens with zero attached hydrogens (tertiary/aromatic N) is 2. The summed E-state index contributed by atoms with van der Waals surface area (Å²) < 4.78 is 0. The van der Waals surface area contributed by atoms with Gasteiger partial charge in [0.1, 0.15) is 0 Å². The molecule has 2 aromatic rings. The van der Waals surface area contributed by atoms with Crippen LogP contribution in [0.25, 0.3) is 0 Å². The second kappa shape index (κ2) is 9.59. The summed E-state index contributed by atoms with van der Waals surface area (Å²) in [6.45, 7) is 5.64. The molecule has 0 bridgehead atoms. The molecule has 27 heavy (non-hydrogen) atoms. The van der Waals surface area contributed by atoms with E-state index in [1.54, 1.807) is 0 Å². The zero-order chi connectivity index (χ0) is 19.2. The predicted octanol–water partition coefficient (Wildman–Crippen LogP) is 5.51. The summed E-state index contributed by atoms with van der Waals surface area (Å²) in [5.74, 6) is 0.136. The molecule has 1 aliphatic heterocycles. The summed E-state index contributed by atoms with van der Waals surface area (Å²) in [4.78, 5) is 17.1. The van der Waals surface area contributed by atoms with Crippen molar-refractivity contribution in [3.8, 4) is 0 Å². The molecule has 0 radical (unpaired) electrons. The SMILES string of the molecule is CCCN(Cc1ccc(Cl)cc1Cl)C1CCN(C(=O)c2ccccc2)CC1. The Morgan fingerprint density at radius 1 is 1.11 bits per heavy atom. The topological polar surface area (TPSA) is 23.6 Å². The van der Waals surface area contributed by atoms with Crippen molar-refractivity contribution in [2.75, 3.05) is 19.6 Å². The Hall–Kier alpha value is -1.55. The van der Waals surface area contributed by atoms with Crippen LogP contribution in [0, 0.1) is 0 Å². The molecule has 1 aliphatic rings. The number of piperidine rings is 1. The Bertz CT molecular complexity index is 758. The third kappa shape index (κ3) is 5.25. The van der Waals surface area contributed by atoms with Gasteiger partial charge in [0.15, 0.2) is 0 Å². The predicted molar refractivity (Wildman–Crippen MR) is 113 cm³/mol. The van der Waals surface area contributed by atoms with Crippen molar-refractivity contribution in [1.29, 1.82) is 0 Å². The van der Waals surface area contributed by atoms with Gasteiger partial charge in [-0.05, 0) is 55.6 Å². The number of hydrogen-bond acceptors (Lipinski definition) is 2. The van der Waals surface area contributed by atoms with Crippen molar-refractivity contribution < 1.29 is 4.79 Å². The van der Waals surface area contributed by atoms with E-state index in [9.17, 15) is 4.79 Å². The van der Waals surface area contributed by atoms with Crippen LogP contribution in [-0.2, 0) is 6.54 Å². The van der Waals surface area contributed by atoms with Crippen LogP contribution in [0.1, 0.15) is 42.1 Å². The van der Waals surface area contributed by atoms with Gasteiger partial charge in [-0.2, -0.15) is 0 Å². The lowest BCUT2D eigenvalue weighted by Gasteiger charge is -2.38. The zero-order valence-electron chi connectivity index (χ0n) is 15.7. The van der Waals surface area contributed by atoms with Crippen LogP contribution in [0.5, 0.6) is 0 Å². The molecule has 0 N–H and O–H groups in total. The molecule has 0 aromatic heterocycles. The van der Waals surface area contributed by atoms with E-state index < -0.39 is 0 Å². The maximum absolute atomic E-state index is 12.7. The molecule has 1 fully saturated rings. The Kier molecular flexibility index (Phi) is 7.17. The lowest BCUT2D eigenvalue weighted by Crippen LogP contribution is -2.46. The van der Waals surface area contributed by atoms with E-state index in [0.29, 0.717) is 11.1 Å². The minimum atomic E-state index is 0.136. The average molecular weight is 405 g/mol. The normalized spacial score (nSPS) is 15.3. The van der Waals surface area contributed by atoms with Crippen LogP contribution < -0.4 is 0 Å². The smallest absolute Gasteiger partial charge is 0.253 e. The number of rotatable bonds is 6. The first-order valence-corrected chi connectivity index (χ1v) is 10.4. The maximum atomic E-state index is 12.7. The number of likely N-dealkylation sites (tertiary alicyclic amines) is 1. The average Bonchev–Trinajstić information content (AvgIpc) is 2.70. The Balaban J connectivity index is 1.62. The highest BCUT2D eigenvalue weighted by molar-refractivity contribution is 6.35. The molecule has 3 nitrogen and oxygen atoms in total. The number of benzene rings is 2. The van der Waals surface area contributed by atoms with Crippen molar-refractivity contribution in [3.05, 3.63) is 69.7 Å². The molecule has 5 heteroatoms. The second-order valence-corrected chi connectivity index (χ2v) is 7.94. The summed E-state index contributed by atoms with van der Waals surface area (Å²) in [5, 5.41) is 1.39. The van der Waals surface area contributed by atoms with Crippen molar-refractivity contribution in [1.82, 2.24) is 9.80 Å². The highest BCUT2D eigenvalue weighted by atomic mass is 35.5. The Morgan fingerprint density at radius 3 is 2.44 bits per heavy atom. The molecular formula is C22H26Cl2N2O. The van der Waals surface area contributed by atoms with E-state index in [0.717, 1.165) is 61.6 Å². The molecule has 0 atom stereocenters. The van der Waals surface area contributed by atoms with E-state index in [1.807, 2.05) is 53.4 Å². The first-order valence-electron chi connectivity index (χ1n) is 9.60. The van der Waals surface area contributed by atoms with E-state index in [-0.39, 0.29) is 5.91 Å². The van der Waals surface area contributed by atoms with Gasteiger partial charge in [-0.15, -0.1) is 0 Å². The maximum Gasteiger partial charge on any atom is 0.253 e. The molecule has 1 saturated heterocycles. The minimum absolute atomic E-state index is 0.136. The summed E-state index contributed by atoms with van der Waals surface area (Å²) in [7, 11) is 0. The van der Waals surface area contributed by atoms with Crippen molar-refractivity contribution in [2.45, 2.75) is 38.8 Å². The molecule has 0 spiro atoms. The molecular weight excluding hydrogens is 379 g/mol. The quantitative estimate of drug-likeness (QED) is 0.633. The summed E-state index contributed by atoms with van der Waals surface area (Å²) in [6.07, 6.45) is 3.07. The largest absolute Gasteiger partial charge is 0.339 e. The molecule has 2 aromatic carbocycles. The molecule has 144 valence electrons. The summed E-state index contributed by atoms with van der Waals surface area (Å²) >= 11 is 12.4. The zero-order valence-corrected chi connectivity index (χ0v) is 17.2. The number of carbonyl (C=O) groups excluding carboxylic acids is 1. The van der Waals surface area contributed by atoms with Gasteiger partial charge in [0.05, 0.1) is 0 Å². The van der Waals surface area contributed by atoms with Crippen molar-refractivity contribution >= 4 is 29.1 Å². The first kappa shape index (κ1) is 20.2. The summed E-state index contributed by atoms with van der Waals surface area (Å²) in [6, 6.07) is 15.7. The molecule has 0 unspecified atom stereocenters. The molecule has 3 rings (SSSR count). The van der Waals surface area contributed by atoms with Gasteiger partial charge in [-0.3, -0.25) is 9.69 Å². The van der Waals surface area contributed by atoms with E-state index >= 15 is 0 Å². The number of amides is 1. The number of carbonyl (C=O) groups is 1. The lowest BCUT2D eigenvalue weighted by atomic mass is 10.0. The van der Waals surface area contributed by atoms with Crippen LogP contribution in [0.4, 0.5) is 0 Å². The fourth-order valence-corrected chi connectivity index (χ4v) is 4.21. The molecule has 0 aliphatic carbocycles. The van der Waals surface area contributed by atoms with E-state index in [1.165, 1.54) is 0 Å². The Labute approximate surface area is 171 Å². The third-order valence-corrected chi connectivity index (χ3v) is 5.78. The number of halogens is 2. The van der Waals surface area contributed by atoms with Crippen molar-refractivity contribution in [2.24, 2.45) is 0 Å². The van der Waals surface area contributed by atoms with Gasteiger partial charge >= 0.3 is 0 Å². The third-order valence-electron chi connectivity index (χ3n) is 5.19. The minimum Gasteiger partial charge on any atom is -0.339 e. The molecule has 1 heterocycles. The first-order chi connectivity index (χ1) is 13.1. The Morgan fingerprint density at radius 2 is 1.81 bits per heavy atom. The van der Waals surface area contributed by atoms with Gasteiger partial charge in [0.2, 0.25) is 0 Å². The molecule has 1 amide bonds. The highest BCUT2D eigenvalue weighted by Crippen LogP contribution is 2.26. The fourth-order valence-electron chi connectivity index (χ4n) is 3.74. The standard InChI is InChI=1S/C22H26Cl2N2O/c1-2-12-26(16-18-8-9-19(23)15-21(18)24)20-10-13-25(14-11-20)22(27)17-6-4-3-5-7-17/h3-9,15,20H,2,10-14,16H2,1H3. The van der Waals surface area contributed by atoms with Gasteiger partial charge in [0.25, 0.3) is 5.91 Å². The fraction of sp³-hybridized carbons (Fsp3) is 0.409. The van der Waals surface area contributed by atoms with Gasteiger partial charge in [-0.25, -0.2) is 0 Å². The number of hydrogen-bond donors (Lipinski definition) is 0. The van der Waals surface area contributed by atoms with Gasteiger partial charge < -0.3 is 4.90 Å². The van der Waals surface area contributed by atoms with Crippen LogP contribution in [0.3, 0.4) is 0 Å². The van der Waals surface area contributed by atoms with Gasteiger partial charge in [-0.1, -0.05) is 54.4 Å². The van der Waals surface area contributed by atoms with Crippen LogP contribution in [0.2, 0.25) is 10.0 Å². The van der Waals surface area contributed by atoms with Crippen LogP contribution in [-0.4, -0.2) is 41.4 Å². The van der Waals surface area contributed by atoms with E-state index in [4.69, 9.17) is 23.2 Å². The van der Waals surface area contributed by atoms with Crippen LogP contribution >= 0.6 is 23.2 Å². The second-order valence-electron chi connectivity index (χ2n) is 7.10. The van der Waals surface area contributed by atoms with Gasteiger partial charge in [0, 0.05) is 41.3 Å². The lowest BCUT2D eigenvalue weighted by molar-refractivity contribution is 0.0607.